The van der Waals surface area contributed by atoms with E-state index in [-0.39, 0.29) is 11.8 Å². The fourth-order valence-corrected chi connectivity index (χ4v) is 3.12. The Balaban J connectivity index is 1.67. The van der Waals surface area contributed by atoms with Crippen LogP contribution in [0.15, 0.2) is 18.3 Å². The largest absolute Gasteiger partial charge is 0.357 e. The molecule has 1 aromatic heterocycles. The van der Waals surface area contributed by atoms with Gasteiger partial charge >= 0.3 is 0 Å². The lowest BCUT2D eigenvalue weighted by atomic mass is 10.1. The van der Waals surface area contributed by atoms with Gasteiger partial charge < -0.3 is 15.1 Å². The molecule has 2 heterocycles. The summed E-state index contributed by atoms with van der Waals surface area (Å²) in [5, 5.41) is 2.95. The zero-order valence-corrected chi connectivity index (χ0v) is 15.5. The smallest absolute Gasteiger partial charge is 0.222 e. The van der Waals surface area contributed by atoms with Crippen molar-refractivity contribution in [2.24, 2.45) is 0 Å². The molecule has 1 N–H and O–H groups in total. The van der Waals surface area contributed by atoms with Crippen molar-refractivity contribution in [2.75, 3.05) is 37.6 Å². The second kappa shape index (κ2) is 10.0. The summed E-state index contributed by atoms with van der Waals surface area (Å²) in [6, 6.07) is 4.04. The van der Waals surface area contributed by atoms with E-state index in [9.17, 15) is 9.59 Å². The van der Waals surface area contributed by atoms with Crippen LogP contribution in [-0.2, 0) is 16.0 Å². The quantitative estimate of drug-likeness (QED) is 0.658. The second-order valence-electron chi connectivity index (χ2n) is 6.38. The maximum atomic E-state index is 12.0. The summed E-state index contributed by atoms with van der Waals surface area (Å²) in [7, 11) is 0. The molecule has 0 aliphatic carbocycles. The van der Waals surface area contributed by atoms with E-state index in [4.69, 9.17) is 0 Å². The van der Waals surface area contributed by atoms with E-state index < -0.39 is 0 Å². The Hall–Kier alpha value is -2.11. The van der Waals surface area contributed by atoms with Gasteiger partial charge in [0.1, 0.15) is 5.82 Å². The van der Waals surface area contributed by atoms with Crippen LogP contribution in [0, 0.1) is 0 Å². The maximum absolute atomic E-state index is 12.0. The summed E-state index contributed by atoms with van der Waals surface area (Å²) in [4.78, 5) is 32.0. The molecule has 1 fully saturated rings. The molecule has 6 nitrogen and oxygen atoms in total. The molecular weight excluding hydrogens is 316 g/mol. The highest BCUT2D eigenvalue weighted by atomic mass is 16.2. The van der Waals surface area contributed by atoms with Gasteiger partial charge in [0.05, 0.1) is 0 Å². The fourth-order valence-electron chi connectivity index (χ4n) is 3.12. The molecule has 1 saturated heterocycles. The van der Waals surface area contributed by atoms with E-state index in [2.05, 4.69) is 35.1 Å². The summed E-state index contributed by atoms with van der Waals surface area (Å²) < 4.78 is 0. The number of pyridine rings is 1. The molecule has 138 valence electrons. The van der Waals surface area contributed by atoms with Gasteiger partial charge in [0.15, 0.2) is 0 Å². The highest BCUT2D eigenvalue weighted by Crippen LogP contribution is 2.13. The molecule has 6 heteroatoms. The van der Waals surface area contributed by atoms with Gasteiger partial charge in [-0.15, -0.1) is 0 Å². The fraction of sp³-hybridized carbons (Fsp3) is 0.632. The molecule has 1 aromatic rings. The minimum atomic E-state index is 0.0638. The predicted molar refractivity (Wildman–Crippen MR) is 99.6 cm³/mol. The van der Waals surface area contributed by atoms with Gasteiger partial charge in [-0.25, -0.2) is 4.98 Å². The average molecular weight is 346 g/mol. The van der Waals surface area contributed by atoms with Gasteiger partial charge in [0.2, 0.25) is 11.8 Å². The normalized spacial score (nSPS) is 14.0. The number of amides is 2. The molecule has 25 heavy (non-hydrogen) atoms. The molecule has 0 radical (unpaired) electrons. The van der Waals surface area contributed by atoms with Crippen LogP contribution in [0.2, 0.25) is 0 Å². The zero-order valence-electron chi connectivity index (χ0n) is 15.5. The topological polar surface area (TPSA) is 65.5 Å². The first-order valence-electron chi connectivity index (χ1n) is 9.38. The van der Waals surface area contributed by atoms with Crippen molar-refractivity contribution < 1.29 is 9.59 Å². The summed E-state index contributed by atoms with van der Waals surface area (Å²) in [5.41, 5.74) is 1.13. The molecular formula is C19H30N4O2. The number of carbonyl (C=O) groups is 2. The van der Waals surface area contributed by atoms with Crippen LogP contribution in [-0.4, -0.2) is 54.4 Å². The Morgan fingerprint density at radius 2 is 2.16 bits per heavy atom. The van der Waals surface area contributed by atoms with Crippen molar-refractivity contribution in [3.8, 4) is 0 Å². The molecule has 0 unspecified atom stereocenters. The van der Waals surface area contributed by atoms with E-state index in [1.807, 2.05) is 17.2 Å². The highest BCUT2D eigenvalue weighted by molar-refractivity contribution is 5.78. The van der Waals surface area contributed by atoms with Gasteiger partial charge in [0.25, 0.3) is 0 Å². The second-order valence-corrected chi connectivity index (χ2v) is 6.38. The van der Waals surface area contributed by atoms with Crippen LogP contribution in [0.3, 0.4) is 0 Å². The Kier molecular flexibility index (Phi) is 7.70. The van der Waals surface area contributed by atoms with Crippen LogP contribution in [0.25, 0.3) is 0 Å². The first kappa shape index (κ1) is 19.2. The molecule has 0 bridgehead atoms. The summed E-state index contributed by atoms with van der Waals surface area (Å²) in [5.74, 6) is 1.28. The molecule has 0 aromatic carbocycles. The Labute approximate surface area is 150 Å². The van der Waals surface area contributed by atoms with Crippen LogP contribution in [0.4, 0.5) is 5.82 Å². The molecule has 2 rings (SSSR count). The van der Waals surface area contributed by atoms with Gasteiger partial charge in [-0.3, -0.25) is 9.59 Å². The lowest BCUT2D eigenvalue weighted by Gasteiger charge is -2.20. The molecule has 0 spiro atoms. The Morgan fingerprint density at radius 1 is 1.36 bits per heavy atom. The van der Waals surface area contributed by atoms with Crippen molar-refractivity contribution in [1.82, 2.24) is 15.2 Å². The van der Waals surface area contributed by atoms with E-state index in [0.717, 1.165) is 50.4 Å². The van der Waals surface area contributed by atoms with E-state index in [0.29, 0.717) is 25.8 Å². The highest BCUT2D eigenvalue weighted by Gasteiger charge is 2.19. The third-order valence-electron chi connectivity index (χ3n) is 4.64. The van der Waals surface area contributed by atoms with Crippen LogP contribution < -0.4 is 10.2 Å². The molecule has 1 aliphatic rings. The Bertz CT molecular complexity index is 572. The number of nitrogens with one attached hydrogen (secondary N) is 1. The standard InChI is InChI=1S/C19H30N4O2/c1-3-22(4-2)17-15-16(10-12-20-17)8-9-18(24)21-11-6-14-23-13-5-7-19(23)25/h10,12,15H,3-9,11,13-14H2,1-2H3,(H,21,24). The molecule has 1 aliphatic heterocycles. The van der Waals surface area contributed by atoms with Crippen molar-refractivity contribution in [3.63, 3.8) is 0 Å². The minimum absolute atomic E-state index is 0.0638. The maximum Gasteiger partial charge on any atom is 0.222 e. The number of hydrogen-bond acceptors (Lipinski definition) is 4. The van der Waals surface area contributed by atoms with Crippen molar-refractivity contribution in [1.29, 1.82) is 0 Å². The molecule has 2 amide bonds. The van der Waals surface area contributed by atoms with E-state index >= 15 is 0 Å². The lowest BCUT2D eigenvalue weighted by Crippen LogP contribution is -2.30. The van der Waals surface area contributed by atoms with Crippen LogP contribution >= 0.6 is 0 Å². The number of carbonyl (C=O) groups excluding carboxylic acids is 2. The summed E-state index contributed by atoms with van der Waals surface area (Å²) in [6.07, 6.45) is 5.46. The number of nitrogens with zero attached hydrogens (tertiary/aromatic N) is 3. The first-order valence-corrected chi connectivity index (χ1v) is 9.38. The average Bonchev–Trinajstić information content (AvgIpc) is 3.03. The predicted octanol–water partition coefficient (Wildman–Crippen LogP) is 1.99. The van der Waals surface area contributed by atoms with Crippen molar-refractivity contribution in [3.05, 3.63) is 23.9 Å². The van der Waals surface area contributed by atoms with E-state index in [1.165, 1.54) is 0 Å². The van der Waals surface area contributed by atoms with Gasteiger partial charge in [-0.05, 0) is 50.8 Å². The van der Waals surface area contributed by atoms with Crippen LogP contribution in [0.1, 0.15) is 45.1 Å². The third-order valence-corrected chi connectivity index (χ3v) is 4.64. The first-order chi connectivity index (χ1) is 12.1. The molecule has 0 atom stereocenters. The third kappa shape index (κ3) is 6.03. The Morgan fingerprint density at radius 3 is 2.84 bits per heavy atom. The number of hydrogen-bond donors (Lipinski definition) is 1. The number of aryl methyl sites for hydroxylation is 1. The molecule has 0 saturated carbocycles. The summed E-state index contributed by atoms with van der Waals surface area (Å²) >= 11 is 0. The van der Waals surface area contributed by atoms with Crippen molar-refractivity contribution >= 4 is 17.6 Å². The van der Waals surface area contributed by atoms with Gasteiger partial charge in [-0.2, -0.15) is 0 Å². The zero-order chi connectivity index (χ0) is 18.1. The lowest BCUT2D eigenvalue weighted by molar-refractivity contribution is -0.127. The van der Waals surface area contributed by atoms with Gasteiger partial charge in [0, 0.05) is 51.8 Å². The number of rotatable bonds is 10. The minimum Gasteiger partial charge on any atom is -0.357 e. The van der Waals surface area contributed by atoms with Crippen LogP contribution in [0.5, 0.6) is 0 Å². The van der Waals surface area contributed by atoms with Crippen molar-refractivity contribution in [2.45, 2.75) is 46.0 Å². The number of anilines is 1. The monoisotopic (exact) mass is 346 g/mol. The number of likely N-dealkylation sites (tertiary alicyclic amines) is 1. The van der Waals surface area contributed by atoms with E-state index in [1.54, 1.807) is 0 Å². The number of aromatic nitrogens is 1. The van der Waals surface area contributed by atoms with Gasteiger partial charge in [-0.1, -0.05) is 0 Å². The SMILES string of the molecule is CCN(CC)c1cc(CCC(=O)NCCCN2CCCC2=O)ccn1. The summed E-state index contributed by atoms with van der Waals surface area (Å²) in [6.45, 7) is 8.31.